The van der Waals surface area contributed by atoms with Crippen LogP contribution in [0.1, 0.15) is 35.8 Å². The highest BCUT2D eigenvalue weighted by atomic mass is 127. The zero-order valence-corrected chi connectivity index (χ0v) is 18.9. The van der Waals surface area contributed by atoms with Crippen LogP contribution in [0.3, 0.4) is 0 Å². The summed E-state index contributed by atoms with van der Waals surface area (Å²) in [6, 6.07) is 4.61. The molecule has 0 saturated carbocycles. The van der Waals surface area contributed by atoms with Gasteiger partial charge in [0.05, 0.1) is 18.2 Å². The van der Waals surface area contributed by atoms with E-state index < -0.39 is 0 Å². The lowest BCUT2D eigenvalue weighted by Crippen LogP contribution is -2.48. The van der Waals surface area contributed by atoms with E-state index >= 15 is 0 Å². The van der Waals surface area contributed by atoms with Crippen LogP contribution in [0.2, 0.25) is 0 Å². The molecule has 3 atom stereocenters. The van der Waals surface area contributed by atoms with Crippen LogP contribution < -0.4 is 10.6 Å². The van der Waals surface area contributed by atoms with Crippen LogP contribution in [0.4, 0.5) is 0 Å². The number of thiophene rings is 1. The average Bonchev–Trinajstić information content (AvgIpc) is 3.41. The number of halogens is 1. The second-order valence-corrected chi connectivity index (χ2v) is 8.04. The summed E-state index contributed by atoms with van der Waals surface area (Å²) in [7, 11) is 1.97. The van der Waals surface area contributed by atoms with E-state index in [0.29, 0.717) is 24.8 Å². The van der Waals surface area contributed by atoms with Crippen molar-refractivity contribution in [2.75, 3.05) is 6.54 Å². The third kappa shape index (κ3) is 5.00. The van der Waals surface area contributed by atoms with Gasteiger partial charge in [0.2, 0.25) is 0 Å². The Morgan fingerprint density at radius 2 is 2.30 bits per heavy atom. The molecule has 3 unspecified atom stereocenters. The Balaban J connectivity index is 0.00000210. The van der Waals surface area contributed by atoms with E-state index in [9.17, 15) is 0 Å². The molecule has 0 aliphatic carbocycles. The van der Waals surface area contributed by atoms with Gasteiger partial charge in [0, 0.05) is 18.5 Å². The van der Waals surface area contributed by atoms with Crippen molar-refractivity contribution >= 4 is 41.3 Å². The maximum Gasteiger partial charge on any atom is 0.192 e. The largest absolute Gasteiger partial charge is 0.373 e. The molecular formula is C18H27IN6OS. The quantitative estimate of drug-likeness (QED) is 0.361. The summed E-state index contributed by atoms with van der Waals surface area (Å²) in [4.78, 5) is 6.13. The Kier molecular flexibility index (Phi) is 7.10. The van der Waals surface area contributed by atoms with Crippen molar-refractivity contribution in [2.24, 2.45) is 12.0 Å². The molecular weight excluding hydrogens is 475 g/mol. The van der Waals surface area contributed by atoms with E-state index in [-0.39, 0.29) is 24.0 Å². The number of nitrogens with one attached hydrogen (secondary N) is 2. The van der Waals surface area contributed by atoms with E-state index in [4.69, 9.17) is 9.73 Å². The van der Waals surface area contributed by atoms with Crippen LogP contribution in [0.5, 0.6) is 0 Å². The molecule has 2 fully saturated rings. The summed E-state index contributed by atoms with van der Waals surface area (Å²) in [6.45, 7) is 3.31. The van der Waals surface area contributed by atoms with Crippen LogP contribution in [0.25, 0.3) is 0 Å². The Morgan fingerprint density at radius 1 is 1.41 bits per heavy atom. The molecule has 4 rings (SSSR count). The van der Waals surface area contributed by atoms with Gasteiger partial charge in [-0.25, -0.2) is 4.99 Å². The number of aryl methyl sites for hydroxylation is 1. The van der Waals surface area contributed by atoms with E-state index in [1.165, 1.54) is 11.3 Å². The SMILES string of the molecule is Cc1nnc(CN=C(NCCc2cccs2)NC2CC3CCC2O3)n1C.I. The van der Waals surface area contributed by atoms with E-state index in [1.807, 2.05) is 18.5 Å². The number of rotatable bonds is 6. The van der Waals surface area contributed by atoms with Crippen LogP contribution in [-0.2, 0) is 24.8 Å². The Hall–Kier alpha value is -1.20. The maximum absolute atomic E-state index is 5.96. The van der Waals surface area contributed by atoms with Gasteiger partial charge in [-0.2, -0.15) is 0 Å². The Morgan fingerprint density at radius 3 is 2.93 bits per heavy atom. The molecule has 0 spiro atoms. The normalized spacial score (nSPS) is 24.1. The highest BCUT2D eigenvalue weighted by molar-refractivity contribution is 14.0. The molecule has 0 radical (unpaired) electrons. The minimum absolute atomic E-state index is 0. The molecule has 2 aliphatic rings. The summed E-state index contributed by atoms with van der Waals surface area (Å²) in [5.41, 5.74) is 0. The molecule has 0 amide bonds. The summed E-state index contributed by atoms with van der Waals surface area (Å²) in [6.07, 6.45) is 5.15. The predicted octanol–water partition coefficient (Wildman–Crippen LogP) is 2.40. The highest BCUT2D eigenvalue weighted by Gasteiger charge is 2.41. The first-order valence-electron chi connectivity index (χ1n) is 9.26. The topological polar surface area (TPSA) is 76.4 Å². The monoisotopic (exact) mass is 502 g/mol. The molecule has 2 aromatic rings. The summed E-state index contributed by atoms with van der Waals surface area (Å²) in [5, 5.41) is 17.5. The number of hydrogen-bond donors (Lipinski definition) is 2. The van der Waals surface area contributed by atoms with Crippen molar-refractivity contribution in [1.29, 1.82) is 0 Å². The Bertz CT molecular complexity index is 762. The lowest BCUT2D eigenvalue weighted by atomic mass is 9.96. The second kappa shape index (κ2) is 9.33. The molecule has 0 aromatic carbocycles. The van der Waals surface area contributed by atoms with Crippen molar-refractivity contribution in [3.8, 4) is 0 Å². The van der Waals surface area contributed by atoms with Crippen molar-refractivity contribution in [1.82, 2.24) is 25.4 Å². The molecule has 2 bridgehead atoms. The van der Waals surface area contributed by atoms with Crippen molar-refractivity contribution in [3.63, 3.8) is 0 Å². The zero-order valence-electron chi connectivity index (χ0n) is 15.7. The van der Waals surface area contributed by atoms with Crippen LogP contribution in [0.15, 0.2) is 22.5 Å². The van der Waals surface area contributed by atoms with Crippen molar-refractivity contribution in [3.05, 3.63) is 34.0 Å². The summed E-state index contributed by atoms with van der Waals surface area (Å²) >= 11 is 1.79. The third-order valence-corrected chi connectivity index (χ3v) is 6.17. The fourth-order valence-corrected chi connectivity index (χ4v) is 4.32. The number of guanidine groups is 1. The van der Waals surface area contributed by atoms with Gasteiger partial charge in [-0.15, -0.1) is 45.5 Å². The number of ether oxygens (including phenoxy) is 1. The highest BCUT2D eigenvalue weighted by Crippen LogP contribution is 2.34. The number of fused-ring (bicyclic) bond motifs is 2. The molecule has 7 nitrogen and oxygen atoms in total. The van der Waals surface area contributed by atoms with Gasteiger partial charge in [0.1, 0.15) is 12.4 Å². The standard InChI is InChI=1S/C18H26N6OS.HI/c1-12-22-23-17(24(12)2)11-20-18(19-8-7-14-4-3-9-26-14)21-15-10-13-5-6-16(15)25-13;/h3-4,9,13,15-16H,5-8,10-11H2,1-2H3,(H2,19,20,21);1H. The number of aliphatic imine (C=N–C) groups is 1. The van der Waals surface area contributed by atoms with Gasteiger partial charge in [0.15, 0.2) is 11.8 Å². The first kappa shape index (κ1) is 20.5. The van der Waals surface area contributed by atoms with E-state index in [1.54, 1.807) is 11.3 Å². The molecule has 27 heavy (non-hydrogen) atoms. The molecule has 2 N–H and O–H groups in total. The Labute approximate surface area is 181 Å². The molecule has 4 heterocycles. The van der Waals surface area contributed by atoms with Crippen LogP contribution in [-0.4, -0.2) is 45.5 Å². The van der Waals surface area contributed by atoms with Crippen molar-refractivity contribution < 1.29 is 4.74 Å². The van der Waals surface area contributed by atoms with Crippen LogP contribution >= 0.6 is 35.3 Å². The lowest BCUT2D eigenvalue weighted by molar-refractivity contribution is 0.0992. The van der Waals surface area contributed by atoms with Crippen molar-refractivity contribution in [2.45, 2.75) is 57.4 Å². The van der Waals surface area contributed by atoms with Gasteiger partial charge in [0.25, 0.3) is 0 Å². The minimum atomic E-state index is 0. The third-order valence-electron chi connectivity index (χ3n) is 5.23. The molecule has 148 valence electrons. The fourth-order valence-electron chi connectivity index (χ4n) is 3.62. The molecule has 2 aromatic heterocycles. The average molecular weight is 502 g/mol. The first-order chi connectivity index (χ1) is 12.7. The summed E-state index contributed by atoms with van der Waals surface area (Å²) in [5.74, 6) is 2.60. The minimum Gasteiger partial charge on any atom is -0.373 e. The van der Waals surface area contributed by atoms with Gasteiger partial charge >= 0.3 is 0 Å². The van der Waals surface area contributed by atoms with Gasteiger partial charge in [-0.1, -0.05) is 6.07 Å². The van der Waals surface area contributed by atoms with Gasteiger partial charge in [-0.3, -0.25) is 0 Å². The van der Waals surface area contributed by atoms with E-state index in [2.05, 4.69) is 38.3 Å². The van der Waals surface area contributed by atoms with Crippen LogP contribution in [0, 0.1) is 6.92 Å². The first-order valence-corrected chi connectivity index (χ1v) is 10.1. The number of hydrogen-bond acceptors (Lipinski definition) is 5. The second-order valence-electron chi connectivity index (χ2n) is 7.00. The predicted molar refractivity (Wildman–Crippen MR) is 118 cm³/mol. The summed E-state index contributed by atoms with van der Waals surface area (Å²) < 4.78 is 7.94. The van der Waals surface area contributed by atoms with Gasteiger partial charge in [-0.05, 0) is 44.1 Å². The molecule has 2 saturated heterocycles. The zero-order chi connectivity index (χ0) is 17.9. The lowest BCUT2D eigenvalue weighted by Gasteiger charge is -2.23. The number of aromatic nitrogens is 3. The van der Waals surface area contributed by atoms with Gasteiger partial charge < -0.3 is 19.9 Å². The maximum atomic E-state index is 5.96. The smallest absolute Gasteiger partial charge is 0.192 e. The molecule has 2 aliphatic heterocycles. The fraction of sp³-hybridized carbons (Fsp3) is 0.611. The number of nitrogens with zero attached hydrogens (tertiary/aromatic N) is 4. The van der Waals surface area contributed by atoms with E-state index in [0.717, 1.165) is 43.4 Å². The molecule has 9 heteroatoms.